The number of allylic oxidation sites excluding steroid dienone is 1. The quantitative estimate of drug-likeness (QED) is 0.134. The number of nitriles is 1. The zero-order valence-electron chi connectivity index (χ0n) is 33.9. The van der Waals surface area contributed by atoms with Gasteiger partial charge in [0.05, 0.1) is 29.0 Å². The Morgan fingerprint density at radius 2 is 1.83 bits per heavy atom. The van der Waals surface area contributed by atoms with Crippen molar-refractivity contribution in [2.75, 3.05) is 6.54 Å². The third-order valence-electron chi connectivity index (χ3n) is 12.8. The first kappa shape index (κ1) is 40.3. The van der Waals surface area contributed by atoms with Crippen LogP contribution in [0, 0.1) is 23.2 Å². The zero-order valence-corrected chi connectivity index (χ0v) is 34.8. The first-order chi connectivity index (χ1) is 28.3. The van der Waals surface area contributed by atoms with Gasteiger partial charge in [0.1, 0.15) is 17.7 Å². The highest BCUT2D eigenvalue weighted by Crippen LogP contribution is 2.47. The molecule has 1 aromatic heterocycles. The Balaban J connectivity index is 1.14. The maximum absolute atomic E-state index is 14.9. The molecule has 3 amide bonds. The second kappa shape index (κ2) is 15.9. The lowest BCUT2D eigenvalue weighted by Gasteiger charge is -2.29. The minimum Gasteiger partial charge on any atom is -0.426 e. The van der Waals surface area contributed by atoms with E-state index in [1.54, 1.807) is 17.9 Å². The molecule has 3 fully saturated rings. The Morgan fingerprint density at radius 3 is 2.58 bits per heavy atom. The topological polar surface area (TPSA) is 165 Å². The van der Waals surface area contributed by atoms with Gasteiger partial charge in [-0.25, -0.2) is 13.4 Å². The van der Waals surface area contributed by atoms with E-state index < -0.39 is 44.3 Å². The molecule has 2 aliphatic carbocycles. The molecule has 3 heterocycles. The van der Waals surface area contributed by atoms with Crippen LogP contribution in [0.1, 0.15) is 95.7 Å². The van der Waals surface area contributed by atoms with Crippen molar-refractivity contribution in [1.29, 1.82) is 5.26 Å². The normalized spacial score (nSPS) is 26.1. The summed E-state index contributed by atoms with van der Waals surface area (Å²) in [7, 11) is -3.96. The zero-order chi connectivity index (χ0) is 41.5. The average Bonchev–Trinajstić information content (AvgIpc) is 4.04. The van der Waals surface area contributed by atoms with Gasteiger partial charge in [0, 0.05) is 23.8 Å². The summed E-state index contributed by atoms with van der Waals surface area (Å²) in [6.07, 6.45) is 9.33. The van der Waals surface area contributed by atoms with E-state index in [0.717, 1.165) is 53.4 Å². The first-order valence-electron chi connectivity index (χ1n) is 21.0. The van der Waals surface area contributed by atoms with Crippen molar-refractivity contribution in [3.05, 3.63) is 96.1 Å². The molecule has 8 rings (SSSR count). The van der Waals surface area contributed by atoms with Crippen LogP contribution in [0.4, 0.5) is 0 Å². The van der Waals surface area contributed by atoms with Crippen LogP contribution in [0.15, 0.2) is 84.9 Å². The summed E-state index contributed by atoms with van der Waals surface area (Å²) >= 11 is 0. The second-order valence-corrected chi connectivity index (χ2v) is 19.6. The molecule has 3 N–H and O–H groups in total. The van der Waals surface area contributed by atoms with Gasteiger partial charge in [0.2, 0.25) is 21.8 Å². The number of sulfonamides is 1. The Hall–Kier alpha value is -5.48. The summed E-state index contributed by atoms with van der Waals surface area (Å²) in [5.74, 6) is -2.16. The van der Waals surface area contributed by atoms with Crippen LogP contribution in [0.5, 0.6) is 6.01 Å². The highest BCUT2D eigenvalue weighted by molar-refractivity contribution is 7.91. The summed E-state index contributed by atoms with van der Waals surface area (Å²) in [5, 5.41) is 12.6. The number of nitrogens with zero attached hydrogens (tertiary/aromatic N) is 3. The van der Waals surface area contributed by atoms with Crippen molar-refractivity contribution in [1.82, 2.24) is 19.9 Å². The van der Waals surface area contributed by atoms with Crippen molar-refractivity contribution in [3.63, 3.8) is 0 Å². The van der Waals surface area contributed by atoms with Crippen LogP contribution in [0.3, 0.4) is 0 Å². The molecular formula is C46H53N6O6S+. The first-order valence-corrected chi connectivity index (χ1v) is 22.4. The number of carbonyl (C=O) groups excluding carboxylic acids is 3. The largest absolute Gasteiger partial charge is 0.455 e. The third-order valence-corrected chi connectivity index (χ3v) is 14.9. The highest BCUT2D eigenvalue weighted by atomic mass is 32.2. The number of rotatable bonds is 9. The Kier molecular flexibility index (Phi) is 10.9. The number of benzene rings is 3. The number of H-pyrrole nitrogens is 1. The summed E-state index contributed by atoms with van der Waals surface area (Å²) in [6, 6.07) is 25.0. The van der Waals surface area contributed by atoms with Crippen molar-refractivity contribution in [2.45, 2.75) is 113 Å². The van der Waals surface area contributed by atoms with E-state index in [0.29, 0.717) is 37.3 Å². The molecule has 0 unspecified atom stereocenters. The van der Waals surface area contributed by atoms with Crippen LogP contribution < -0.4 is 19.3 Å². The molecule has 2 saturated carbocycles. The number of fused-ring (bicyclic) bond motifs is 3. The lowest BCUT2D eigenvalue weighted by atomic mass is 9.92. The summed E-state index contributed by atoms with van der Waals surface area (Å²) in [5.41, 5.74) is 3.63. The van der Waals surface area contributed by atoms with Gasteiger partial charge in [-0.2, -0.15) is 9.83 Å². The van der Waals surface area contributed by atoms with Crippen LogP contribution in [0.2, 0.25) is 0 Å². The van der Waals surface area contributed by atoms with Crippen LogP contribution >= 0.6 is 0 Å². The number of hydrogen-bond acceptors (Lipinski definition) is 7. The molecule has 4 aliphatic rings. The molecule has 308 valence electrons. The Bertz CT molecular complexity index is 2450. The molecule has 1 saturated heterocycles. The highest BCUT2D eigenvalue weighted by Gasteiger charge is 2.63. The van der Waals surface area contributed by atoms with E-state index in [1.165, 1.54) is 0 Å². The van der Waals surface area contributed by atoms with Crippen molar-refractivity contribution >= 4 is 38.8 Å². The molecule has 4 aromatic rings. The Labute approximate surface area is 346 Å². The van der Waals surface area contributed by atoms with Gasteiger partial charge in [-0.3, -0.25) is 19.1 Å². The standard InChI is InChI=1S/C46H52N6O6S/c1-30(2)52-38-21-13-20-37(33-18-12-16-32(25-33)28-47)40(38)48-44(52)58-36-26-39-41(53)49-46(43(55)50-59(56,57)45(3)22-23-45)27-35(46)19-11-6-4-5-10-17-34(42(54)51(39)29-36)24-31-14-8-7-9-15-31/h7-9,11-16,18-21,25,30,34-36,39H,4-6,10,17,22-24,26-27,29H2,1-3H3,(H2,49,50,53,55)/p+1/b19-11-/t34-,35+,36-,39+,46-/m1/s1. The molecule has 0 bridgehead atoms. The fourth-order valence-electron chi connectivity index (χ4n) is 8.88. The third kappa shape index (κ3) is 7.99. The van der Waals surface area contributed by atoms with E-state index >= 15 is 0 Å². The fraction of sp³-hybridized carbons (Fsp3) is 0.457. The minimum atomic E-state index is -3.96. The van der Waals surface area contributed by atoms with Gasteiger partial charge in [-0.15, -0.1) is 0 Å². The van der Waals surface area contributed by atoms with Gasteiger partial charge < -0.3 is 15.0 Å². The molecule has 5 atom stereocenters. The van der Waals surface area contributed by atoms with E-state index in [-0.39, 0.29) is 43.2 Å². The van der Waals surface area contributed by atoms with Gasteiger partial charge in [-0.1, -0.05) is 73.5 Å². The van der Waals surface area contributed by atoms with Crippen LogP contribution in [-0.2, 0) is 30.8 Å². The van der Waals surface area contributed by atoms with E-state index in [4.69, 9.17) is 4.74 Å². The summed E-state index contributed by atoms with van der Waals surface area (Å²) in [6.45, 7) is 5.88. The number of amides is 3. The lowest BCUT2D eigenvalue weighted by Crippen LogP contribution is -2.57. The van der Waals surface area contributed by atoms with Gasteiger partial charge in [0.25, 0.3) is 5.91 Å². The average molecular weight is 818 g/mol. The molecule has 13 heteroatoms. The predicted octanol–water partition coefficient (Wildman–Crippen LogP) is 6.18. The smallest absolute Gasteiger partial charge is 0.426 e. The molecule has 12 nitrogen and oxygen atoms in total. The maximum atomic E-state index is 14.9. The number of imidazole rings is 1. The summed E-state index contributed by atoms with van der Waals surface area (Å²) < 4.78 is 36.7. The van der Waals surface area contributed by atoms with Crippen molar-refractivity contribution in [3.8, 4) is 23.2 Å². The Morgan fingerprint density at radius 1 is 1.05 bits per heavy atom. The number of ether oxygens (including phenoxy) is 1. The molecule has 0 radical (unpaired) electrons. The van der Waals surface area contributed by atoms with E-state index in [9.17, 15) is 28.1 Å². The van der Waals surface area contributed by atoms with Gasteiger partial charge >= 0.3 is 6.01 Å². The van der Waals surface area contributed by atoms with E-state index in [1.807, 2.05) is 78.9 Å². The summed E-state index contributed by atoms with van der Waals surface area (Å²) in [4.78, 5) is 48.7. The monoisotopic (exact) mass is 817 g/mol. The van der Waals surface area contributed by atoms with Crippen molar-refractivity contribution < 1.29 is 32.1 Å². The maximum Gasteiger partial charge on any atom is 0.455 e. The minimum absolute atomic E-state index is 0.0288. The number of nitrogens with one attached hydrogen (secondary N) is 3. The number of carbonyl (C=O) groups is 3. The molecular weight excluding hydrogens is 765 g/mol. The number of para-hydroxylation sites is 1. The van der Waals surface area contributed by atoms with Crippen LogP contribution in [0.25, 0.3) is 22.2 Å². The molecule has 2 aliphatic heterocycles. The fourth-order valence-corrected chi connectivity index (χ4v) is 10.2. The number of aromatic amines is 1. The van der Waals surface area contributed by atoms with Crippen molar-refractivity contribution in [2.24, 2.45) is 11.8 Å². The second-order valence-electron chi connectivity index (χ2n) is 17.4. The van der Waals surface area contributed by atoms with Crippen LogP contribution in [-0.4, -0.2) is 65.0 Å². The molecule has 0 spiro atoms. The number of hydrogen-bond donors (Lipinski definition) is 3. The lowest BCUT2D eigenvalue weighted by molar-refractivity contribution is -0.696. The number of aromatic nitrogens is 2. The molecule has 3 aromatic carbocycles. The predicted molar refractivity (Wildman–Crippen MR) is 223 cm³/mol. The SMILES string of the molecule is CC(C)[n+]1c(O[C@@H]2C[C@H]3C(=O)N[C@]4(C(=O)NS(=O)(=O)C5(C)CC5)C[C@@H]4/C=C\CCCCC[C@H](Cc4ccccc4)C(=O)N3C2)[nH]c2c(-c3cccc(C#N)c3)cccc21. The van der Waals surface area contributed by atoms with E-state index in [2.05, 4.69) is 39.5 Å². The molecule has 59 heavy (non-hydrogen) atoms. The van der Waals surface area contributed by atoms with Gasteiger partial charge in [0.15, 0.2) is 11.0 Å². The van der Waals surface area contributed by atoms with Gasteiger partial charge in [-0.05, 0) is 101 Å².